The Morgan fingerprint density at radius 2 is 2.05 bits per heavy atom. The summed E-state index contributed by atoms with van der Waals surface area (Å²) in [5.74, 6) is 2.75. The number of methoxy groups -OCH3 is 2. The normalized spacial score (nSPS) is 20.0. The number of thioether (sulfide) groups is 1. The van der Waals surface area contributed by atoms with Crippen LogP contribution in [0.3, 0.4) is 0 Å². The molecule has 0 saturated carbocycles. The number of hydrogen-bond donors (Lipinski definition) is 1. The van der Waals surface area contributed by atoms with E-state index in [9.17, 15) is 0 Å². The predicted octanol–water partition coefficient (Wildman–Crippen LogP) is 4.08. The molecule has 1 aromatic carbocycles. The standard InChI is InChI=1S/C17H27NO2S/c1-7-8-18-16-14-12(10-21-17(16,3)4)11(2)9-13(19-5)15(14)20-6/h9,16,18H,7-8,10H2,1-6H3. The molecule has 0 fully saturated rings. The van der Waals surface area contributed by atoms with Gasteiger partial charge in [-0.1, -0.05) is 6.92 Å². The van der Waals surface area contributed by atoms with Crippen LogP contribution in [0.4, 0.5) is 0 Å². The zero-order chi connectivity index (χ0) is 15.6. The van der Waals surface area contributed by atoms with Gasteiger partial charge in [0.05, 0.1) is 20.3 Å². The van der Waals surface area contributed by atoms with Gasteiger partial charge in [-0.05, 0) is 50.9 Å². The fourth-order valence-electron chi connectivity index (χ4n) is 3.02. The Bertz CT molecular complexity index is 514. The van der Waals surface area contributed by atoms with E-state index in [1.165, 1.54) is 16.7 Å². The highest BCUT2D eigenvalue weighted by Crippen LogP contribution is 2.52. The van der Waals surface area contributed by atoms with Crippen molar-refractivity contribution in [3.8, 4) is 11.5 Å². The molecule has 1 aromatic rings. The topological polar surface area (TPSA) is 30.5 Å². The molecular weight excluding hydrogens is 282 g/mol. The molecule has 0 amide bonds. The molecule has 1 N–H and O–H groups in total. The second-order valence-electron chi connectivity index (χ2n) is 6.10. The Kier molecular flexibility index (Phi) is 5.10. The molecule has 21 heavy (non-hydrogen) atoms. The summed E-state index contributed by atoms with van der Waals surface area (Å²) in [5, 5.41) is 3.71. The number of ether oxygens (including phenoxy) is 2. The molecule has 1 aliphatic rings. The van der Waals surface area contributed by atoms with Crippen LogP contribution in [-0.4, -0.2) is 25.5 Å². The molecule has 2 rings (SSSR count). The fraction of sp³-hybridized carbons (Fsp3) is 0.647. The third-order valence-corrected chi connectivity index (χ3v) is 5.62. The van der Waals surface area contributed by atoms with Crippen molar-refractivity contribution < 1.29 is 9.47 Å². The molecule has 0 saturated heterocycles. The van der Waals surface area contributed by atoms with Crippen LogP contribution in [0.5, 0.6) is 11.5 Å². The molecule has 0 aromatic heterocycles. The molecule has 1 heterocycles. The largest absolute Gasteiger partial charge is 0.493 e. The molecule has 1 atom stereocenters. The molecule has 118 valence electrons. The van der Waals surface area contributed by atoms with Gasteiger partial charge in [0.1, 0.15) is 0 Å². The average Bonchev–Trinajstić information content (AvgIpc) is 2.45. The lowest BCUT2D eigenvalue weighted by molar-refractivity contribution is 0.338. The molecule has 0 spiro atoms. The minimum atomic E-state index is 0.133. The Morgan fingerprint density at radius 3 is 2.62 bits per heavy atom. The average molecular weight is 309 g/mol. The van der Waals surface area contributed by atoms with E-state index in [1.807, 2.05) is 11.8 Å². The molecule has 0 radical (unpaired) electrons. The summed E-state index contributed by atoms with van der Waals surface area (Å²) in [6, 6.07) is 2.36. The van der Waals surface area contributed by atoms with Gasteiger partial charge in [0.2, 0.25) is 0 Å². The maximum Gasteiger partial charge on any atom is 0.165 e. The van der Waals surface area contributed by atoms with E-state index in [4.69, 9.17) is 9.47 Å². The van der Waals surface area contributed by atoms with E-state index in [0.717, 1.165) is 30.2 Å². The van der Waals surface area contributed by atoms with E-state index in [-0.39, 0.29) is 10.8 Å². The minimum Gasteiger partial charge on any atom is -0.493 e. The second kappa shape index (κ2) is 6.49. The van der Waals surface area contributed by atoms with Crippen LogP contribution in [0.25, 0.3) is 0 Å². The van der Waals surface area contributed by atoms with Crippen molar-refractivity contribution in [1.29, 1.82) is 0 Å². The Labute approximate surface area is 132 Å². The van der Waals surface area contributed by atoms with Crippen molar-refractivity contribution in [2.24, 2.45) is 0 Å². The van der Waals surface area contributed by atoms with Crippen LogP contribution in [0.1, 0.15) is 49.9 Å². The Hall–Kier alpha value is -0.870. The molecular formula is C17H27NO2S. The van der Waals surface area contributed by atoms with Crippen LogP contribution < -0.4 is 14.8 Å². The highest BCUT2D eigenvalue weighted by Gasteiger charge is 2.39. The second-order valence-corrected chi connectivity index (χ2v) is 7.73. The number of fused-ring (bicyclic) bond motifs is 1. The van der Waals surface area contributed by atoms with Crippen molar-refractivity contribution in [1.82, 2.24) is 5.32 Å². The lowest BCUT2D eigenvalue weighted by atomic mass is 9.87. The van der Waals surface area contributed by atoms with Gasteiger partial charge in [0.25, 0.3) is 0 Å². The van der Waals surface area contributed by atoms with Crippen LogP contribution in [-0.2, 0) is 5.75 Å². The maximum absolute atomic E-state index is 5.72. The first-order chi connectivity index (χ1) is 9.96. The third-order valence-electron chi connectivity index (χ3n) is 4.21. The van der Waals surface area contributed by atoms with Crippen LogP contribution in [0, 0.1) is 6.92 Å². The highest BCUT2D eigenvalue weighted by atomic mass is 32.2. The number of hydrogen-bond acceptors (Lipinski definition) is 4. The first-order valence-corrected chi connectivity index (χ1v) is 8.56. The summed E-state index contributed by atoms with van der Waals surface area (Å²) in [4.78, 5) is 0. The van der Waals surface area contributed by atoms with Crippen LogP contribution in [0.15, 0.2) is 6.07 Å². The first-order valence-electron chi connectivity index (χ1n) is 7.58. The van der Waals surface area contributed by atoms with Crippen molar-refractivity contribution in [2.75, 3.05) is 20.8 Å². The van der Waals surface area contributed by atoms with E-state index in [1.54, 1.807) is 14.2 Å². The van der Waals surface area contributed by atoms with Crippen LogP contribution in [0.2, 0.25) is 0 Å². The first kappa shape index (κ1) is 16.5. The van der Waals surface area contributed by atoms with Crippen molar-refractivity contribution in [3.63, 3.8) is 0 Å². The quantitative estimate of drug-likeness (QED) is 0.888. The minimum absolute atomic E-state index is 0.133. The van der Waals surface area contributed by atoms with Gasteiger partial charge in [0, 0.05) is 16.1 Å². The number of nitrogens with one attached hydrogen (secondary N) is 1. The Balaban J connectivity index is 2.61. The zero-order valence-corrected chi connectivity index (χ0v) is 14.8. The van der Waals surface area contributed by atoms with Crippen molar-refractivity contribution >= 4 is 11.8 Å². The highest BCUT2D eigenvalue weighted by molar-refractivity contribution is 8.00. The van der Waals surface area contributed by atoms with E-state index >= 15 is 0 Å². The monoisotopic (exact) mass is 309 g/mol. The van der Waals surface area contributed by atoms with E-state index < -0.39 is 0 Å². The summed E-state index contributed by atoms with van der Waals surface area (Å²) >= 11 is 2.01. The van der Waals surface area contributed by atoms with Gasteiger partial charge >= 0.3 is 0 Å². The summed E-state index contributed by atoms with van der Waals surface area (Å²) in [7, 11) is 3.44. The third kappa shape index (κ3) is 3.02. The van der Waals surface area contributed by atoms with E-state index in [2.05, 4.69) is 39.1 Å². The summed E-state index contributed by atoms with van der Waals surface area (Å²) in [6.45, 7) is 9.99. The lowest BCUT2D eigenvalue weighted by Crippen LogP contribution is -2.40. The molecule has 0 aliphatic carbocycles. The number of benzene rings is 1. The van der Waals surface area contributed by atoms with Gasteiger partial charge in [-0.3, -0.25) is 0 Å². The number of aryl methyl sites for hydroxylation is 1. The van der Waals surface area contributed by atoms with Gasteiger partial charge in [-0.2, -0.15) is 0 Å². The Morgan fingerprint density at radius 1 is 1.33 bits per heavy atom. The van der Waals surface area contributed by atoms with Gasteiger partial charge in [-0.25, -0.2) is 0 Å². The molecule has 4 heteroatoms. The van der Waals surface area contributed by atoms with Gasteiger partial charge in [0.15, 0.2) is 11.5 Å². The summed E-state index contributed by atoms with van der Waals surface area (Å²) in [6.07, 6.45) is 1.12. The fourth-order valence-corrected chi connectivity index (χ4v) is 4.28. The van der Waals surface area contributed by atoms with Crippen LogP contribution >= 0.6 is 11.8 Å². The number of rotatable bonds is 5. The SMILES string of the molecule is CCCNC1c2c(c(C)cc(OC)c2OC)CSC1(C)C. The van der Waals surface area contributed by atoms with Crippen molar-refractivity contribution in [3.05, 3.63) is 22.8 Å². The zero-order valence-electron chi connectivity index (χ0n) is 14.0. The molecule has 1 unspecified atom stereocenters. The van der Waals surface area contributed by atoms with Gasteiger partial charge < -0.3 is 14.8 Å². The predicted molar refractivity (Wildman–Crippen MR) is 90.7 cm³/mol. The van der Waals surface area contributed by atoms with Gasteiger partial charge in [-0.15, -0.1) is 11.8 Å². The lowest BCUT2D eigenvalue weighted by Gasteiger charge is -2.41. The maximum atomic E-state index is 5.72. The molecule has 0 bridgehead atoms. The molecule has 3 nitrogen and oxygen atoms in total. The smallest absolute Gasteiger partial charge is 0.165 e. The van der Waals surface area contributed by atoms with Crippen molar-refractivity contribution in [2.45, 2.75) is 50.7 Å². The van der Waals surface area contributed by atoms with E-state index in [0.29, 0.717) is 0 Å². The summed E-state index contributed by atoms with van der Waals surface area (Å²) < 4.78 is 11.4. The molecule has 1 aliphatic heterocycles. The summed E-state index contributed by atoms with van der Waals surface area (Å²) in [5.41, 5.74) is 3.96.